The summed E-state index contributed by atoms with van der Waals surface area (Å²) in [6.07, 6.45) is 72.9. The van der Waals surface area contributed by atoms with Gasteiger partial charge in [-0.05, 0) is 96.3 Å². The van der Waals surface area contributed by atoms with Crippen LogP contribution in [-0.4, -0.2) is 87.4 Å². The van der Waals surface area contributed by atoms with Crippen molar-refractivity contribution in [3.8, 4) is 0 Å². The molecule has 406 valence electrons. The first kappa shape index (κ1) is 67.4. The summed E-state index contributed by atoms with van der Waals surface area (Å²) in [6.45, 7) is 4.64. The summed E-state index contributed by atoms with van der Waals surface area (Å²) < 4.78 is 22.6. The van der Waals surface area contributed by atoms with Gasteiger partial charge in [-0.2, -0.15) is 0 Å². The fourth-order valence-corrected chi connectivity index (χ4v) is 6.90. The quantitative estimate of drug-likeness (QED) is 0.0211. The molecule has 9 heteroatoms. The van der Waals surface area contributed by atoms with Gasteiger partial charge in [-0.3, -0.25) is 9.59 Å². The molecule has 0 bridgehead atoms. The number of hydrogen-bond donors (Lipinski definition) is 1. The highest BCUT2D eigenvalue weighted by atomic mass is 16.7. The van der Waals surface area contributed by atoms with Gasteiger partial charge in [0.25, 0.3) is 6.29 Å². The highest BCUT2D eigenvalue weighted by Gasteiger charge is 2.25. The van der Waals surface area contributed by atoms with E-state index < -0.39 is 24.3 Å². The molecule has 0 heterocycles. The van der Waals surface area contributed by atoms with E-state index in [-0.39, 0.29) is 32.2 Å². The van der Waals surface area contributed by atoms with Gasteiger partial charge in [0.1, 0.15) is 13.2 Å². The van der Waals surface area contributed by atoms with Crippen LogP contribution in [0.1, 0.15) is 187 Å². The summed E-state index contributed by atoms with van der Waals surface area (Å²) in [5.74, 6) is -2.05. The number of likely N-dealkylation sites (N-methyl/N-ethyl adjacent to an activating group) is 1. The second-order valence-electron chi connectivity index (χ2n) is 19.2. The molecule has 0 aliphatic carbocycles. The van der Waals surface area contributed by atoms with Crippen LogP contribution in [0.25, 0.3) is 0 Å². The van der Waals surface area contributed by atoms with Crippen molar-refractivity contribution in [2.24, 2.45) is 0 Å². The van der Waals surface area contributed by atoms with Crippen LogP contribution in [0.15, 0.2) is 134 Å². The topological polar surface area (TPSA) is 108 Å². The Morgan fingerprint density at radius 2 is 0.792 bits per heavy atom. The van der Waals surface area contributed by atoms with Crippen molar-refractivity contribution in [1.82, 2.24) is 0 Å². The lowest BCUT2D eigenvalue weighted by Crippen LogP contribution is -2.40. The number of carbonyl (C=O) groups excluding carboxylic acids is 2. The van der Waals surface area contributed by atoms with Crippen molar-refractivity contribution < 1.29 is 42.9 Å². The number of carboxylic acid groups (broad SMARTS) is 1. The second-order valence-corrected chi connectivity index (χ2v) is 19.2. The molecule has 0 rings (SSSR count). The zero-order valence-electron chi connectivity index (χ0n) is 46.0. The lowest BCUT2D eigenvalue weighted by Gasteiger charge is -2.25. The summed E-state index contributed by atoms with van der Waals surface area (Å²) in [4.78, 5) is 37.0. The third kappa shape index (κ3) is 53.2. The average Bonchev–Trinajstić information content (AvgIpc) is 3.35. The molecule has 0 saturated heterocycles. The third-order valence-corrected chi connectivity index (χ3v) is 11.2. The van der Waals surface area contributed by atoms with Gasteiger partial charge < -0.3 is 28.5 Å². The van der Waals surface area contributed by atoms with E-state index in [0.29, 0.717) is 23.9 Å². The van der Waals surface area contributed by atoms with Crippen molar-refractivity contribution in [3.63, 3.8) is 0 Å². The molecule has 0 aliphatic heterocycles. The Morgan fingerprint density at radius 3 is 1.18 bits per heavy atom. The predicted octanol–water partition coefficient (Wildman–Crippen LogP) is 16.3. The van der Waals surface area contributed by atoms with Gasteiger partial charge in [0, 0.05) is 12.8 Å². The standard InChI is InChI=1S/C63H101NO8/c1-6-8-10-12-14-15-16-17-18-19-20-21-22-23-24-25-26-27-28-29-30-31-32-33-34-35-36-37-38-39-40-41-42-43-44-45-46-47-48-50-52-54-61(66)72-59(57-70-60(65)53-51-49-13-11-9-7-2)58-71-63(62(67)68)69-56-55-64(3,4)5/h8,10,14-15,17-18,20-21,23-24,26-27,29-30,32-33,35-36,38-39,41-42,59,63H,6-7,9,11-13,16,19,22,25,28,31,34,37,40,43-58H2,1-5H3/p+1/b10-8-,15-14-,18-17-,21-20-,24-23-,27-26-,30-29-,33-32-,36-35-,39-38-,42-41-. The molecule has 0 amide bonds. The van der Waals surface area contributed by atoms with Crippen LogP contribution in [0.4, 0.5) is 0 Å². The number of allylic oxidation sites excluding steroid dienone is 22. The summed E-state index contributed by atoms with van der Waals surface area (Å²) in [5.41, 5.74) is 0. The van der Waals surface area contributed by atoms with Crippen molar-refractivity contribution in [2.75, 3.05) is 47.5 Å². The normalized spacial score (nSPS) is 13.8. The number of carboxylic acids is 1. The van der Waals surface area contributed by atoms with E-state index in [2.05, 4.69) is 148 Å². The van der Waals surface area contributed by atoms with Gasteiger partial charge in [0.2, 0.25) is 0 Å². The summed E-state index contributed by atoms with van der Waals surface area (Å²) >= 11 is 0. The average molecular weight is 1000 g/mol. The maximum Gasteiger partial charge on any atom is 0.361 e. The molecule has 2 atom stereocenters. The molecular weight excluding hydrogens is 899 g/mol. The molecule has 0 radical (unpaired) electrons. The largest absolute Gasteiger partial charge is 0.477 e. The molecule has 0 aromatic rings. The molecule has 72 heavy (non-hydrogen) atoms. The molecule has 0 aromatic heterocycles. The zero-order chi connectivity index (χ0) is 52.7. The van der Waals surface area contributed by atoms with Gasteiger partial charge in [0.15, 0.2) is 6.10 Å². The van der Waals surface area contributed by atoms with Crippen LogP contribution >= 0.6 is 0 Å². The van der Waals surface area contributed by atoms with Crippen molar-refractivity contribution >= 4 is 17.9 Å². The molecule has 2 unspecified atom stereocenters. The molecule has 0 fully saturated rings. The van der Waals surface area contributed by atoms with Crippen molar-refractivity contribution in [3.05, 3.63) is 134 Å². The van der Waals surface area contributed by atoms with Gasteiger partial charge >= 0.3 is 17.9 Å². The van der Waals surface area contributed by atoms with E-state index in [9.17, 15) is 19.5 Å². The van der Waals surface area contributed by atoms with E-state index in [1.165, 1.54) is 32.1 Å². The van der Waals surface area contributed by atoms with Crippen molar-refractivity contribution in [1.29, 1.82) is 0 Å². The van der Waals surface area contributed by atoms with E-state index in [1.54, 1.807) is 0 Å². The van der Waals surface area contributed by atoms with E-state index >= 15 is 0 Å². The Hall–Kier alpha value is -4.57. The van der Waals surface area contributed by atoms with Crippen molar-refractivity contribution in [2.45, 2.75) is 200 Å². The number of nitrogens with zero attached hydrogens (tertiary/aromatic N) is 1. The Labute approximate surface area is 439 Å². The number of aliphatic carboxylic acids is 1. The first-order chi connectivity index (χ1) is 35.1. The number of quaternary nitrogens is 1. The Balaban J connectivity index is 4.07. The Morgan fingerprint density at radius 1 is 0.431 bits per heavy atom. The van der Waals surface area contributed by atoms with Crippen LogP contribution < -0.4 is 0 Å². The van der Waals surface area contributed by atoms with Gasteiger partial charge in [-0.1, -0.05) is 212 Å². The molecule has 0 aliphatic rings. The maximum absolute atomic E-state index is 12.8. The summed E-state index contributed by atoms with van der Waals surface area (Å²) in [7, 11) is 5.94. The highest BCUT2D eigenvalue weighted by molar-refractivity contribution is 5.71. The number of hydrogen-bond acceptors (Lipinski definition) is 7. The van der Waals surface area contributed by atoms with Crippen LogP contribution in [0, 0.1) is 0 Å². The molecule has 0 saturated carbocycles. The lowest BCUT2D eigenvalue weighted by molar-refractivity contribution is -0.870. The predicted molar refractivity (Wildman–Crippen MR) is 304 cm³/mol. The minimum Gasteiger partial charge on any atom is -0.477 e. The molecule has 0 spiro atoms. The smallest absolute Gasteiger partial charge is 0.361 e. The second kappa shape index (κ2) is 52.7. The zero-order valence-corrected chi connectivity index (χ0v) is 46.0. The fourth-order valence-electron chi connectivity index (χ4n) is 6.90. The van der Waals surface area contributed by atoms with Gasteiger partial charge in [-0.25, -0.2) is 4.79 Å². The third-order valence-electron chi connectivity index (χ3n) is 11.2. The molecular formula is C63H102NO8+. The minimum atomic E-state index is -1.52. The number of ether oxygens (including phenoxy) is 4. The van der Waals surface area contributed by atoms with Crippen LogP contribution in [0.5, 0.6) is 0 Å². The fraction of sp³-hybridized carbons (Fsp3) is 0.603. The monoisotopic (exact) mass is 1000 g/mol. The highest BCUT2D eigenvalue weighted by Crippen LogP contribution is 2.13. The molecule has 0 aromatic carbocycles. The molecule has 1 N–H and O–H groups in total. The number of rotatable bonds is 49. The maximum atomic E-state index is 12.8. The van der Waals surface area contributed by atoms with E-state index in [0.717, 1.165) is 122 Å². The number of carbonyl (C=O) groups is 3. The number of esters is 2. The Bertz CT molecular complexity index is 1640. The van der Waals surface area contributed by atoms with Crippen LogP contribution in [0.2, 0.25) is 0 Å². The Kier molecular flexibility index (Phi) is 49.4. The van der Waals surface area contributed by atoms with E-state index in [1.807, 2.05) is 21.1 Å². The van der Waals surface area contributed by atoms with Gasteiger partial charge in [-0.15, -0.1) is 0 Å². The lowest BCUT2D eigenvalue weighted by atomic mass is 10.1. The van der Waals surface area contributed by atoms with Gasteiger partial charge in [0.05, 0.1) is 34.4 Å². The van der Waals surface area contributed by atoms with Crippen LogP contribution in [0.3, 0.4) is 0 Å². The summed E-state index contributed by atoms with van der Waals surface area (Å²) in [6, 6.07) is 0. The minimum absolute atomic E-state index is 0.180. The van der Waals surface area contributed by atoms with Crippen LogP contribution in [-0.2, 0) is 33.3 Å². The first-order valence-electron chi connectivity index (χ1n) is 27.8. The summed E-state index contributed by atoms with van der Waals surface area (Å²) in [5, 5.41) is 9.62. The molecule has 9 nitrogen and oxygen atoms in total. The number of unbranched alkanes of at least 4 members (excludes halogenated alkanes) is 12. The van der Waals surface area contributed by atoms with E-state index in [4.69, 9.17) is 18.9 Å². The first-order valence-corrected chi connectivity index (χ1v) is 27.8. The SMILES string of the molecule is CC/C=C\C/C=C\C/C=C\C/C=C\C/C=C\C/C=C\C/C=C\C/C=C\C/C=C\C/C=C\C/C=C\CCCCCCCCCC(=O)OC(COC(=O)CCCCCCCC)COC(OCC[N+](C)(C)C)C(=O)O.